The summed E-state index contributed by atoms with van der Waals surface area (Å²) in [7, 11) is 1.76. The maximum atomic E-state index is 12.4. The fraction of sp³-hybridized carbons (Fsp3) is 0.933. The molecule has 2 aliphatic rings. The Hall–Kier alpha value is -0.610. The van der Waals surface area contributed by atoms with E-state index in [2.05, 4.69) is 5.32 Å². The summed E-state index contributed by atoms with van der Waals surface area (Å²) >= 11 is 0. The van der Waals surface area contributed by atoms with Gasteiger partial charge in [-0.1, -0.05) is 12.8 Å². The Morgan fingerprint density at radius 1 is 1.21 bits per heavy atom. The maximum Gasteiger partial charge on any atom is 0.326 e. The molecule has 0 unspecified atom stereocenters. The highest BCUT2D eigenvalue weighted by Gasteiger charge is 2.44. The van der Waals surface area contributed by atoms with E-state index in [1.165, 1.54) is 25.7 Å². The zero-order valence-electron chi connectivity index (χ0n) is 12.2. The van der Waals surface area contributed by atoms with E-state index in [1.807, 2.05) is 6.92 Å². The van der Waals surface area contributed by atoms with Gasteiger partial charge in [0.2, 0.25) is 0 Å². The second kappa shape index (κ2) is 6.71. The molecule has 0 amide bonds. The number of nitrogens with one attached hydrogen (secondary N) is 1. The van der Waals surface area contributed by atoms with Gasteiger partial charge in [0, 0.05) is 13.2 Å². The lowest BCUT2D eigenvalue weighted by Crippen LogP contribution is -2.58. The Morgan fingerprint density at radius 2 is 1.84 bits per heavy atom. The second-order valence-electron chi connectivity index (χ2n) is 5.86. The molecule has 0 heterocycles. The average Bonchev–Trinajstić information content (AvgIpc) is 2.92. The van der Waals surface area contributed by atoms with Crippen LogP contribution < -0.4 is 5.32 Å². The van der Waals surface area contributed by atoms with E-state index in [4.69, 9.17) is 9.47 Å². The summed E-state index contributed by atoms with van der Waals surface area (Å²) in [4.78, 5) is 12.4. The van der Waals surface area contributed by atoms with Crippen LogP contribution in [-0.4, -0.2) is 37.4 Å². The third-order valence-corrected chi connectivity index (χ3v) is 4.62. The molecule has 19 heavy (non-hydrogen) atoms. The average molecular weight is 269 g/mol. The highest BCUT2D eigenvalue weighted by Crippen LogP contribution is 2.33. The van der Waals surface area contributed by atoms with Crippen molar-refractivity contribution in [3.8, 4) is 0 Å². The standard InChI is InChI=1S/C15H27NO3/c1-3-19-14(17)15(16-12-6-4-5-7-12)10-8-13(18-2)9-11-15/h12-13,16H,3-11H2,1-2H3. The first-order valence-corrected chi connectivity index (χ1v) is 7.68. The van der Waals surface area contributed by atoms with Crippen LogP contribution in [0.1, 0.15) is 58.3 Å². The van der Waals surface area contributed by atoms with Gasteiger partial charge >= 0.3 is 5.97 Å². The van der Waals surface area contributed by atoms with Gasteiger partial charge in [-0.2, -0.15) is 0 Å². The summed E-state index contributed by atoms with van der Waals surface area (Å²) in [6.07, 6.45) is 8.78. The number of carbonyl (C=O) groups is 1. The minimum atomic E-state index is -0.458. The molecule has 0 aromatic rings. The Balaban J connectivity index is 2.02. The van der Waals surface area contributed by atoms with Crippen LogP contribution in [0.2, 0.25) is 0 Å². The van der Waals surface area contributed by atoms with Gasteiger partial charge in [-0.3, -0.25) is 10.1 Å². The lowest BCUT2D eigenvalue weighted by atomic mass is 9.79. The van der Waals surface area contributed by atoms with E-state index >= 15 is 0 Å². The monoisotopic (exact) mass is 269 g/mol. The number of methoxy groups -OCH3 is 1. The van der Waals surface area contributed by atoms with Crippen molar-refractivity contribution in [1.82, 2.24) is 5.32 Å². The SMILES string of the molecule is CCOC(=O)C1(NC2CCCC2)CCC(OC)CC1. The van der Waals surface area contributed by atoms with Crippen molar-refractivity contribution in [2.75, 3.05) is 13.7 Å². The van der Waals surface area contributed by atoms with Crippen molar-refractivity contribution < 1.29 is 14.3 Å². The van der Waals surface area contributed by atoms with E-state index in [9.17, 15) is 4.79 Å². The molecule has 2 rings (SSSR count). The second-order valence-corrected chi connectivity index (χ2v) is 5.86. The third-order valence-electron chi connectivity index (χ3n) is 4.62. The largest absolute Gasteiger partial charge is 0.465 e. The molecular weight excluding hydrogens is 242 g/mol. The van der Waals surface area contributed by atoms with E-state index < -0.39 is 5.54 Å². The number of rotatable bonds is 5. The molecule has 0 aromatic carbocycles. The van der Waals surface area contributed by atoms with Crippen LogP contribution in [0.15, 0.2) is 0 Å². The molecule has 1 N–H and O–H groups in total. The molecule has 4 nitrogen and oxygen atoms in total. The first-order chi connectivity index (χ1) is 9.20. The van der Waals surface area contributed by atoms with Crippen LogP contribution in [0, 0.1) is 0 Å². The lowest BCUT2D eigenvalue weighted by Gasteiger charge is -2.40. The Bertz CT molecular complexity index is 292. The Morgan fingerprint density at radius 3 is 2.37 bits per heavy atom. The topological polar surface area (TPSA) is 47.6 Å². The number of esters is 1. The summed E-state index contributed by atoms with van der Waals surface area (Å²) in [5.74, 6) is -0.0588. The van der Waals surface area contributed by atoms with Gasteiger partial charge in [0.05, 0.1) is 12.7 Å². The predicted molar refractivity (Wildman–Crippen MR) is 74.0 cm³/mol. The molecule has 2 aliphatic carbocycles. The molecule has 0 aliphatic heterocycles. The van der Waals surface area contributed by atoms with E-state index in [0.717, 1.165) is 25.7 Å². The number of hydrogen-bond donors (Lipinski definition) is 1. The number of ether oxygens (including phenoxy) is 2. The maximum absolute atomic E-state index is 12.4. The van der Waals surface area contributed by atoms with Gasteiger partial charge in [-0.25, -0.2) is 0 Å². The molecule has 0 bridgehead atoms. The minimum Gasteiger partial charge on any atom is -0.465 e. The molecule has 2 saturated carbocycles. The highest BCUT2D eigenvalue weighted by molar-refractivity contribution is 5.81. The van der Waals surface area contributed by atoms with Crippen molar-refractivity contribution in [2.45, 2.75) is 76.0 Å². The van der Waals surface area contributed by atoms with Gasteiger partial charge < -0.3 is 9.47 Å². The summed E-state index contributed by atoms with van der Waals surface area (Å²) in [6, 6.07) is 0.489. The zero-order valence-corrected chi connectivity index (χ0v) is 12.2. The summed E-state index contributed by atoms with van der Waals surface area (Å²) in [5, 5.41) is 3.63. The lowest BCUT2D eigenvalue weighted by molar-refractivity contribution is -0.154. The molecule has 0 radical (unpaired) electrons. The normalized spacial score (nSPS) is 32.4. The molecule has 0 aromatic heterocycles. The Labute approximate surface area is 116 Å². The predicted octanol–water partition coefficient (Wildman–Crippen LogP) is 2.41. The van der Waals surface area contributed by atoms with Crippen molar-refractivity contribution in [1.29, 1.82) is 0 Å². The molecule has 0 atom stereocenters. The molecule has 4 heteroatoms. The zero-order chi connectivity index (χ0) is 13.7. The van der Waals surface area contributed by atoms with Crippen molar-refractivity contribution in [2.24, 2.45) is 0 Å². The van der Waals surface area contributed by atoms with Gasteiger partial charge in [-0.05, 0) is 45.4 Å². The van der Waals surface area contributed by atoms with E-state index in [0.29, 0.717) is 18.8 Å². The molecule has 110 valence electrons. The van der Waals surface area contributed by atoms with Crippen LogP contribution in [0.25, 0.3) is 0 Å². The summed E-state index contributed by atoms with van der Waals surface area (Å²) in [6.45, 7) is 2.34. The molecule has 0 spiro atoms. The van der Waals surface area contributed by atoms with Crippen LogP contribution in [0.3, 0.4) is 0 Å². The first kappa shape index (κ1) is 14.8. The van der Waals surface area contributed by atoms with Crippen LogP contribution >= 0.6 is 0 Å². The third kappa shape index (κ3) is 3.48. The number of hydrogen-bond acceptors (Lipinski definition) is 4. The van der Waals surface area contributed by atoms with E-state index in [1.54, 1.807) is 7.11 Å². The fourth-order valence-corrected chi connectivity index (χ4v) is 3.46. The van der Waals surface area contributed by atoms with Crippen LogP contribution in [0.4, 0.5) is 0 Å². The van der Waals surface area contributed by atoms with Gasteiger partial charge in [0.1, 0.15) is 5.54 Å². The van der Waals surface area contributed by atoms with Gasteiger partial charge in [0.25, 0.3) is 0 Å². The number of carbonyl (C=O) groups excluding carboxylic acids is 1. The smallest absolute Gasteiger partial charge is 0.326 e. The summed E-state index contributed by atoms with van der Waals surface area (Å²) < 4.78 is 10.7. The summed E-state index contributed by atoms with van der Waals surface area (Å²) in [5.41, 5.74) is -0.458. The van der Waals surface area contributed by atoms with Crippen molar-refractivity contribution in [3.63, 3.8) is 0 Å². The molecule has 2 fully saturated rings. The fourth-order valence-electron chi connectivity index (χ4n) is 3.46. The molecular formula is C15H27NO3. The quantitative estimate of drug-likeness (QED) is 0.779. The van der Waals surface area contributed by atoms with E-state index in [-0.39, 0.29) is 5.97 Å². The van der Waals surface area contributed by atoms with Crippen LogP contribution in [-0.2, 0) is 14.3 Å². The Kier molecular flexibility index (Phi) is 5.22. The minimum absolute atomic E-state index is 0.0588. The van der Waals surface area contributed by atoms with Crippen molar-refractivity contribution >= 4 is 5.97 Å². The highest BCUT2D eigenvalue weighted by atomic mass is 16.5. The van der Waals surface area contributed by atoms with Gasteiger partial charge in [-0.15, -0.1) is 0 Å². The van der Waals surface area contributed by atoms with Crippen LogP contribution in [0.5, 0.6) is 0 Å². The van der Waals surface area contributed by atoms with Crippen molar-refractivity contribution in [3.05, 3.63) is 0 Å². The molecule has 0 saturated heterocycles. The first-order valence-electron chi connectivity index (χ1n) is 7.68. The van der Waals surface area contributed by atoms with Gasteiger partial charge in [0.15, 0.2) is 0 Å².